The van der Waals surface area contributed by atoms with E-state index >= 15 is 0 Å². The van der Waals surface area contributed by atoms with E-state index in [-0.39, 0.29) is 31.1 Å². The molecule has 92 valence electrons. The SMILES string of the molecule is N=C=[C-]C1CC(CCCCCCC2C=C2)C1.[U]. The number of unbranched alkanes of at least 4 members (excludes halogenated alkanes) is 3. The van der Waals surface area contributed by atoms with Crippen molar-refractivity contribution in [2.24, 2.45) is 17.8 Å². The van der Waals surface area contributed by atoms with Crippen molar-refractivity contribution in [2.45, 2.75) is 51.4 Å². The molecule has 0 bridgehead atoms. The minimum Gasteiger partial charge on any atom is -0.424 e. The first-order chi connectivity index (χ1) is 7.88. The van der Waals surface area contributed by atoms with Crippen molar-refractivity contribution in [3.63, 3.8) is 0 Å². The Bertz CT molecular complexity index is 279. The molecule has 2 rings (SSSR count). The third kappa shape index (κ3) is 6.10. The van der Waals surface area contributed by atoms with Gasteiger partial charge in [0, 0.05) is 31.1 Å². The second-order valence-electron chi connectivity index (χ2n) is 5.34. The van der Waals surface area contributed by atoms with Crippen molar-refractivity contribution < 1.29 is 31.1 Å². The second kappa shape index (κ2) is 8.36. The molecule has 0 aromatic rings. The van der Waals surface area contributed by atoms with Gasteiger partial charge < -0.3 is 6.08 Å². The largest absolute Gasteiger partial charge is 0.424 e. The predicted octanol–water partition coefficient (Wildman–Crippen LogP) is 4.15. The Hall–Kier alpha value is 0.242. The molecule has 1 fully saturated rings. The van der Waals surface area contributed by atoms with Gasteiger partial charge in [-0.2, -0.15) is 5.92 Å². The molecule has 1 N–H and O–H groups in total. The summed E-state index contributed by atoms with van der Waals surface area (Å²) in [6.45, 7) is 0. The van der Waals surface area contributed by atoms with Crippen molar-refractivity contribution in [3.05, 3.63) is 18.2 Å². The summed E-state index contributed by atoms with van der Waals surface area (Å²) in [4.78, 5) is 0. The predicted molar refractivity (Wildman–Crippen MR) is 67.5 cm³/mol. The van der Waals surface area contributed by atoms with Gasteiger partial charge in [-0.1, -0.05) is 57.1 Å². The van der Waals surface area contributed by atoms with Gasteiger partial charge in [-0.05, 0) is 18.3 Å². The summed E-state index contributed by atoms with van der Waals surface area (Å²) in [5, 5.41) is 6.82. The Labute approximate surface area is 129 Å². The topological polar surface area (TPSA) is 23.9 Å². The quantitative estimate of drug-likeness (QED) is 0.247. The van der Waals surface area contributed by atoms with Crippen LogP contribution in [-0.4, -0.2) is 5.87 Å². The summed E-state index contributed by atoms with van der Waals surface area (Å²) in [6, 6.07) is 0. The van der Waals surface area contributed by atoms with Crippen molar-refractivity contribution >= 4 is 5.87 Å². The van der Waals surface area contributed by atoms with Crippen LogP contribution in [0, 0.1) is 60.4 Å². The van der Waals surface area contributed by atoms with Crippen LogP contribution in [0.5, 0.6) is 0 Å². The van der Waals surface area contributed by atoms with E-state index in [1.54, 1.807) is 0 Å². The van der Waals surface area contributed by atoms with Crippen molar-refractivity contribution in [1.82, 2.24) is 0 Å². The van der Waals surface area contributed by atoms with E-state index < -0.39 is 0 Å². The van der Waals surface area contributed by atoms with Crippen LogP contribution in [0.4, 0.5) is 0 Å². The molecule has 0 radical (unpaired) electrons. The molecule has 0 spiro atoms. The zero-order chi connectivity index (χ0) is 11.2. The Morgan fingerprint density at radius 1 is 1.06 bits per heavy atom. The van der Waals surface area contributed by atoms with Gasteiger partial charge in [0.15, 0.2) is 0 Å². The Balaban J connectivity index is 0.00000144. The Kier molecular flexibility index (Phi) is 7.53. The third-order valence-corrected chi connectivity index (χ3v) is 3.88. The minimum absolute atomic E-state index is 0. The average molecular weight is 454 g/mol. The van der Waals surface area contributed by atoms with Crippen LogP contribution in [-0.2, 0) is 0 Å². The van der Waals surface area contributed by atoms with Crippen molar-refractivity contribution in [2.75, 3.05) is 0 Å². The van der Waals surface area contributed by atoms with Gasteiger partial charge in [-0.25, -0.2) is 5.87 Å². The number of nitrogens with one attached hydrogen (secondary N) is 1. The fourth-order valence-corrected chi connectivity index (χ4v) is 2.63. The second-order valence-corrected chi connectivity index (χ2v) is 5.34. The first-order valence-corrected chi connectivity index (χ1v) is 6.74. The van der Waals surface area contributed by atoms with E-state index in [4.69, 9.17) is 5.41 Å². The molecule has 0 saturated heterocycles. The maximum absolute atomic E-state index is 6.82. The zero-order valence-electron chi connectivity index (χ0n) is 10.5. The van der Waals surface area contributed by atoms with Gasteiger partial charge in [0.25, 0.3) is 0 Å². The molecule has 2 aliphatic carbocycles. The molecule has 1 saturated carbocycles. The minimum atomic E-state index is 0. The zero-order valence-corrected chi connectivity index (χ0v) is 14.7. The normalized spacial score (nSPS) is 25.6. The summed E-state index contributed by atoms with van der Waals surface area (Å²) >= 11 is 0. The summed E-state index contributed by atoms with van der Waals surface area (Å²) in [5.41, 5.74) is 0. The monoisotopic (exact) mass is 454 g/mol. The summed E-state index contributed by atoms with van der Waals surface area (Å²) in [6.07, 6.45) is 18.5. The molecular formula is C15H22NU-. The van der Waals surface area contributed by atoms with Gasteiger partial charge in [-0.15, -0.1) is 0 Å². The van der Waals surface area contributed by atoms with E-state index in [0.717, 1.165) is 11.8 Å². The molecule has 0 aromatic carbocycles. The van der Waals surface area contributed by atoms with Crippen LogP contribution >= 0.6 is 0 Å². The molecule has 0 amide bonds. The Morgan fingerprint density at radius 3 is 2.29 bits per heavy atom. The van der Waals surface area contributed by atoms with E-state index in [2.05, 4.69) is 24.1 Å². The smallest absolute Gasteiger partial charge is 0 e. The van der Waals surface area contributed by atoms with E-state index in [1.165, 1.54) is 51.4 Å². The van der Waals surface area contributed by atoms with Gasteiger partial charge in [-0.3, -0.25) is 5.41 Å². The number of rotatable bonds is 8. The molecule has 0 unspecified atom stereocenters. The van der Waals surface area contributed by atoms with Gasteiger partial charge in [0.1, 0.15) is 0 Å². The van der Waals surface area contributed by atoms with Crippen molar-refractivity contribution in [3.8, 4) is 0 Å². The van der Waals surface area contributed by atoms with E-state index in [0.29, 0.717) is 5.92 Å². The molecule has 2 heteroatoms. The van der Waals surface area contributed by atoms with Crippen molar-refractivity contribution in [1.29, 1.82) is 5.41 Å². The standard InChI is InChI=1S/C15H22N.U/c16-10-9-15-11-14(12-15)6-4-2-1-3-5-13-7-8-13;/h7-8,13-16H,1-6,11-12H2;/q-1;. The maximum atomic E-state index is 6.82. The van der Waals surface area contributed by atoms with Crippen LogP contribution in [0.15, 0.2) is 12.2 Å². The van der Waals surface area contributed by atoms with E-state index in [9.17, 15) is 0 Å². The first kappa shape index (κ1) is 15.3. The molecule has 0 atom stereocenters. The first-order valence-electron chi connectivity index (χ1n) is 6.74. The molecule has 0 aromatic heterocycles. The van der Waals surface area contributed by atoms with Gasteiger partial charge in [0.2, 0.25) is 0 Å². The molecule has 0 heterocycles. The Morgan fingerprint density at radius 2 is 1.71 bits per heavy atom. The van der Waals surface area contributed by atoms with Crippen LogP contribution < -0.4 is 0 Å². The molecule has 0 aliphatic heterocycles. The average Bonchev–Trinajstić information content (AvgIpc) is 3.02. The molecule has 2 aliphatic rings. The fourth-order valence-electron chi connectivity index (χ4n) is 2.63. The fraction of sp³-hybridized carbons (Fsp3) is 0.733. The van der Waals surface area contributed by atoms with Crippen LogP contribution in [0.25, 0.3) is 0 Å². The summed E-state index contributed by atoms with van der Waals surface area (Å²) in [5.74, 6) is 4.64. The third-order valence-electron chi connectivity index (χ3n) is 3.88. The summed E-state index contributed by atoms with van der Waals surface area (Å²) in [7, 11) is 0. The molecular weight excluding hydrogens is 432 g/mol. The molecule has 1 nitrogen and oxygen atoms in total. The number of hydrogen-bond donors (Lipinski definition) is 1. The molecule has 17 heavy (non-hydrogen) atoms. The van der Waals surface area contributed by atoms with Gasteiger partial charge >= 0.3 is 0 Å². The number of hydrogen-bond acceptors (Lipinski definition) is 1. The maximum Gasteiger partial charge on any atom is 0 e. The number of allylic oxidation sites excluding steroid dienone is 3. The van der Waals surface area contributed by atoms with Crippen LogP contribution in [0.2, 0.25) is 0 Å². The van der Waals surface area contributed by atoms with Crippen LogP contribution in [0.1, 0.15) is 51.4 Å². The van der Waals surface area contributed by atoms with Gasteiger partial charge in [0.05, 0.1) is 0 Å². The summed E-state index contributed by atoms with van der Waals surface area (Å²) < 4.78 is 0. The van der Waals surface area contributed by atoms with Crippen LogP contribution in [0.3, 0.4) is 0 Å². The van der Waals surface area contributed by atoms with E-state index in [1.807, 2.05) is 0 Å².